The largest absolute Gasteiger partial charge is 0.478 e. The van der Waals surface area contributed by atoms with Crippen LogP contribution in [-0.2, 0) is 16.6 Å². The van der Waals surface area contributed by atoms with Gasteiger partial charge >= 0.3 is 5.97 Å². The molecule has 2 rings (SSSR count). The molecule has 0 aliphatic carbocycles. The third kappa shape index (κ3) is 4.77. The van der Waals surface area contributed by atoms with Crippen molar-refractivity contribution in [3.63, 3.8) is 0 Å². The van der Waals surface area contributed by atoms with Gasteiger partial charge in [0.1, 0.15) is 0 Å². The molecule has 1 aliphatic rings. The molecule has 1 unspecified atom stereocenters. The Labute approximate surface area is 132 Å². The van der Waals surface area contributed by atoms with Crippen molar-refractivity contribution in [3.05, 3.63) is 33.8 Å². The van der Waals surface area contributed by atoms with Crippen LogP contribution >= 0.6 is 15.9 Å². The molecule has 0 amide bonds. The van der Waals surface area contributed by atoms with E-state index in [4.69, 9.17) is 5.11 Å². The van der Waals surface area contributed by atoms with Crippen LogP contribution in [0.5, 0.6) is 0 Å². The van der Waals surface area contributed by atoms with Crippen LogP contribution in [0.2, 0.25) is 0 Å². The number of hydrogen-bond acceptors (Lipinski definition) is 4. The van der Waals surface area contributed by atoms with E-state index in [9.17, 15) is 13.2 Å². The third-order valence-electron chi connectivity index (χ3n) is 3.35. The van der Waals surface area contributed by atoms with E-state index in [1.807, 2.05) is 0 Å². The Hall–Kier alpha value is -0.960. The second-order valence-electron chi connectivity index (χ2n) is 5.22. The molecule has 1 aromatic carbocycles. The summed E-state index contributed by atoms with van der Waals surface area (Å²) in [6, 6.07) is 4.88. The zero-order valence-electron chi connectivity index (χ0n) is 11.5. The van der Waals surface area contributed by atoms with Gasteiger partial charge in [0.25, 0.3) is 0 Å². The molecule has 1 aromatic rings. The van der Waals surface area contributed by atoms with Crippen LogP contribution in [0.1, 0.15) is 22.3 Å². The van der Waals surface area contributed by atoms with Gasteiger partial charge in [-0.15, -0.1) is 0 Å². The molecule has 1 aliphatic heterocycles. The summed E-state index contributed by atoms with van der Waals surface area (Å²) >= 11 is 3.39. The van der Waals surface area contributed by atoms with E-state index in [1.165, 1.54) is 0 Å². The van der Waals surface area contributed by atoms with Gasteiger partial charge in [0.05, 0.1) is 11.8 Å². The number of hydrogen-bond donors (Lipinski definition) is 2. The first kappa shape index (κ1) is 16.4. The SMILES string of the molecule is CS(=O)(=O)NC1CCN(Cc2ccc(C(=O)O)cc2Br)C1. The fraction of sp³-hybridized carbons (Fsp3) is 0.462. The van der Waals surface area contributed by atoms with E-state index < -0.39 is 16.0 Å². The lowest BCUT2D eigenvalue weighted by Gasteiger charge is -2.17. The minimum absolute atomic E-state index is 0.0583. The van der Waals surface area contributed by atoms with Crippen molar-refractivity contribution in [2.45, 2.75) is 19.0 Å². The Morgan fingerprint density at radius 3 is 2.81 bits per heavy atom. The molecule has 6 nitrogen and oxygen atoms in total. The Kier molecular flexibility index (Phi) is 5.03. The molecular formula is C13H17BrN2O4S. The maximum absolute atomic E-state index is 11.2. The van der Waals surface area contributed by atoms with Gasteiger partial charge in [-0.2, -0.15) is 0 Å². The van der Waals surface area contributed by atoms with Crippen molar-refractivity contribution < 1.29 is 18.3 Å². The maximum Gasteiger partial charge on any atom is 0.335 e. The number of carboxylic acids is 1. The second kappa shape index (κ2) is 6.43. The highest BCUT2D eigenvalue weighted by atomic mass is 79.9. The standard InChI is InChI=1S/C13H17BrN2O4S/c1-21(19,20)15-11-4-5-16(8-11)7-10-3-2-9(13(17)18)6-12(10)14/h2-3,6,11,15H,4-5,7-8H2,1H3,(H,17,18). The molecule has 1 heterocycles. The number of nitrogens with zero attached hydrogens (tertiary/aromatic N) is 1. The predicted octanol–water partition coefficient (Wildman–Crippen LogP) is 1.27. The van der Waals surface area contributed by atoms with Crippen LogP contribution < -0.4 is 4.72 Å². The van der Waals surface area contributed by atoms with Crippen molar-refractivity contribution in [1.82, 2.24) is 9.62 Å². The number of aromatic carboxylic acids is 1. The fourth-order valence-electron chi connectivity index (χ4n) is 2.42. The summed E-state index contributed by atoms with van der Waals surface area (Å²) < 4.78 is 25.8. The highest BCUT2D eigenvalue weighted by Crippen LogP contribution is 2.22. The summed E-state index contributed by atoms with van der Waals surface area (Å²) in [6.07, 6.45) is 1.94. The van der Waals surface area contributed by atoms with Crippen molar-refractivity contribution in [2.75, 3.05) is 19.3 Å². The Morgan fingerprint density at radius 2 is 2.24 bits per heavy atom. The molecule has 0 spiro atoms. The van der Waals surface area contributed by atoms with Gasteiger partial charge in [0.2, 0.25) is 10.0 Å². The van der Waals surface area contributed by atoms with E-state index in [-0.39, 0.29) is 11.6 Å². The first-order valence-corrected chi connectivity index (χ1v) is 9.14. The van der Waals surface area contributed by atoms with E-state index in [0.717, 1.165) is 29.3 Å². The van der Waals surface area contributed by atoms with Gasteiger partial charge in [-0.3, -0.25) is 4.90 Å². The van der Waals surface area contributed by atoms with Crippen LogP contribution in [-0.4, -0.2) is 49.8 Å². The smallest absolute Gasteiger partial charge is 0.335 e. The van der Waals surface area contributed by atoms with Crippen LogP contribution in [0.15, 0.2) is 22.7 Å². The lowest BCUT2D eigenvalue weighted by molar-refractivity contribution is 0.0696. The third-order valence-corrected chi connectivity index (χ3v) is 4.85. The lowest BCUT2D eigenvalue weighted by atomic mass is 10.1. The summed E-state index contributed by atoms with van der Waals surface area (Å²) in [5.74, 6) is -0.958. The Balaban J connectivity index is 1.99. The van der Waals surface area contributed by atoms with Crippen molar-refractivity contribution in [1.29, 1.82) is 0 Å². The fourth-order valence-corrected chi connectivity index (χ4v) is 3.73. The molecule has 0 radical (unpaired) electrons. The number of carboxylic acid groups (broad SMARTS) is 1. The molecule has 1 fully saturated rings. The first-order chi connectivity index (χ1) is 9.74. The minimum Gasteiger partial charge on any atom is -0.478 e. The average Bonchev–Trinajstić information content (AvgIpc) is 2.76. The molecule has 0 bridgehead atoms. The zero-order chi connectivity index (χ0) is 15.6. The van der Waals surface area contributed by atoms with Crippen molar-refractivity contribution >= 4 is 31.9 Å². The van der Waals surface area contributed by atoms with Gasteiger partial charge in [-0.25, -0.2) is 17.9 Å². The van der Waals surface area contributed by atoms with Gasteiger partial charge in [-0.1, -0.05) is 22.0 Å². The molecule has 21 heavy (non-hydrogen) atoms. The summed E-state index contributed by atoms with van der Waals surface area (Å²) in [5, 5.41) is 8.93. The summed E-state index contributed by atoms with van der Waals surface area (Å²) in [5.41, 5.74) is 1.23. The van der Waals surface area contributed by atoms with Crippen LogP contribution in [0, 0.1) is 0 Å². The average molecular weight is 377 g/mol. The number of sulfonamides is 1. The Bertz CT molecular complexity index is 648. The van der Waals surface area contributed by atoms with Gasteiger partial charge in [0.15, 0.2) is 0 Å². The van der Waals surface area contributed by atoms with E-state index in [0.29, 0.717) is 13.1 Å². The maximum atomic E-state index is 11.2. The minimum atomic E-state index is -3.18. The first-order valence-electron chi connectivity index (χ1n) is 6.46. The highest BCUT2D eigenvalue weighted by molar-refractivity contribution is 9.10. The number of rotatable bonds is 5. The molecule has 116 valence electrons. The van der Waals surface area contributed by atoms with E-state index in [1.54, 1.807) is 18.2 Å². The summed E-state index contributed by atoms with van der Waals surface area (Å²) in [7, 11) is -3.18. The van der Waals surface area contributed by atoms with Crippen LogP contribution in [0.25, 0.3) is 0 Å². The predicted molar refractivity (Wildman–Crippen MR) is 82.8 cm³/mol. The lowest BCUT2D eigenvalue weighted by Crippen LogP contribution is -2.36. The zero-order valence-corrected chi connectivity index (χ0v) is 13.9. The van der Waals surface area contributed by atoms with Gasteiger partial charge in [-0.05, 0) is 24.1 Å². The van der Waals surface area contributed by atoms with Gasteiger partial charge in [0, 0.05) is 30.1 Å². The molecule has 1 saturated heterocycles. The quantitative estimate of drug-likeness (QED) is 0.807. The van der Waals surface area contributed by atoms with Crippen molar-refractivity contribution in [3.8, 4) is 0 Å². The number of nitrogens with one attached hydrogen (secondary N) is 1. The molecule has 2 N–H and O–H groups in total. The summed E-state index contributed by atoms with van der Waals surface area (Å²) in [6.45, 7) is 2.11. The van der Waals surface area contributed by atoms with Crippen LogP contribution in [0.4, 0.5) is 0 Å². The van der Waals surface area contributed by atoms with E-state index in [2.05, 4.69) is 25.6 Å². The summed E-state index contributed by atoms with van der Waals surface area (Å²) in [4.78, 5) is 13.0. The topological polar surface area (TPSA) is 86.7 Å². The second-order valence-corrected chi connectivity index (χ2v) is 7.86. The van der Waals surface area contributed by atoms with E-state index >= 15 is 0 Å². The molecule has 0 saturated carbocycles. The van der Waals surface area contributed by atoms with Gasteiger partial charge < -0.3 is 5.11 Å². The van der Waals surface area contributed by atoms with Crippen LogP contribution in [0.3, 0.4) is 0 Å². The molecule has 8 heteroatoms. The number of likely N-dealkylation sites (tertiary alicyclic amines) is 1. The number of benzene rings is 1. The Morgan fingerprint density at radius 1 is 1.52 bits per heavy atom. The number of halogens is 1. The number of carbonyl (C=O) groups is 1. The normalized spacial score (nSPS) is 19.8. The van der Waals surface area contributed by atoms with Crippen molar-refractivity contribution in [2.24, 2.45) is 0 Å². The molecule has 1 atom stereocenters. The highest BCUT2D eigenvalue weighted by Gasteiger charge is 2.25. The monoisotopic (exact) mass is 376 g/mol. The molecular weight excluding hydrogens is 360 g/mol. The molecule has 0 aromatic heterocycles.